The Hall–Kier alpha value is -0.160. The van der Waals surface area contributed by atoms with Gasteiger partial charge in [-0.05, 0) is 19.3 Å². The highest BCUT2D eigenvalue weighted by Crippen LogP contribution is 2.28. The molecule has 0 bridgehead atoms. The smallest absolute Gasteiger partial charge is 0.0897 e. The monoisotopic (exact) mass is 217 g/mol. The Labute approximate surface area is 92.0 Å². The van der Waals surface area contributed by atoms with E-state index in [0.717, 1.165) is 5.92 Å². The first-order valence-electron chi connectivity index (χ1n) is 5.81. The first-order valence-corrected chi connectivity index (χ1v) is 5.81. The van der Waals surface area contributed by atoms with E-state index in [9.17, 15) is 5.11 Å². The normalized spacial score (nSPS) is 26.6. The second-order valence-electron chi connectivity index (χ2n) is 4.15. The van der Waals surface area contributed by atoms with Crippen LogP contribution in [0.4, 0.5) is 0 Å². The summed E-state index contributed by atoms with van der Waals surface area (Å²) in [5, 5.41) is 12.8. The van der Waals surface area contributed by atoms with Crippen LogP contribution in [0.1, 0.15) is 20.3 Å². The van der Waals surface area contributed by atoms with Crippen LogP contribution in [0.3, 0.4) is 0 Å². The van der Waals surface area contributed by atoms with E-state index in [1.54, 1.807) is 0 Å². The number of aliphatic hydroxyl groups excluding tert-OH is 1. The van der Waals surface area contributed by atoms with Gasteiger partial charge in [0.15, 0.2) is 0 Å². The molecule has 4 nitrogen and oxygen atoms in total. The maximum atomic E-state index is 9.54. The van der Waals surface area contributed by atoms with E-state index in [4.69, 9.17) is 9.47 Å². The molecular weight excluding hydrogens is 194 g/mol. The number of ether oxygens (including phenoxy) is 2. The van der Waals surface area contributed by atoms with Crippen molar-refractivity contribution in [2.45, 2.75) is 32.4 Å². The summed E-state index contributed by atoms with van der Waals surface area (Å²) in [5.41, 5.74) is 0. The molecular formula is C11H23NO3. The molecule has 4 heteroatoms. The minimum atomic E-state index is -0.403. The van der Waals surface area contributed by atoms with Crippen LogP contribution in [0.5, 0.6) is 0 Å². The van der Waals surface area contributed by atoms with Crippen LogP contribution < -0.4 is 5.32 Å². The van der Waals surface area contributed by atoms with Gasteiger partial charge in [0.2, 0.25) is 0 Å². The van der Waals surface area contributed by atoms with Crippen molar-refractivity contribution in [1.82, 2.24) is 5.32 Å². The van der Waals surface area contributed by atoms with Gasteiger partial charge in [0.25, 0.3) is 0 Å². The second-order valence-corrected chi connectivity index (χ2v) is 4.15. The molecule has 1 fully saturated rings. The topological polar surface area (TPSA) is 50.7 Å². The Balaban J connectivity index is 1.83. The summed E-state index contributed by atoms with van der Waals surface area (Å²) >= 11 is 0. The fourth-order valence-electron chi connectivity index (χ4n) is 1.43. The van der Waals surface area contributed by atoms with E-state index in [1.165, 1.54) is 6.42 Å². The first kappa shape index (κ1) is 12.9. The predicted octanol–water partition coefficient (Wildman–Crippen LogP) is 0.398. The van der Waals surface area contributed by atoms with Crippen LogP contribution >= 0.6 is 0 Å². The van der Waals surface area contributed by atoms with Crippen LogP contribution in [0, 0.1) is 5.92 Å². The zero-order valence-corrected chi connectivity index (χ0v) is 9.74. The summed E-state index contributed by atoms with van der Waals surface area (Å²) < 4.78 is 10.4. The molecule has 0 heterocycles. The molecule has 3 atom stereocenters. The Morgan fingerprint density at radius 3 is 2.67 bits per heavy atom. The molecule has 0 aliphatic heterocycles. The van der Waals surface area contributed by atoms with Gasteiger partial charge in [-0.1, -0.05) is 6.92 Å². The van der Waals surface area contributed by atoms with Gasteiger partial charge in [-0.2, -0.15) is 0 Å². The average molecular weight is 217 g/mol. The molecule has 3 unspecified atom stereocenters. The highest BCUT2D eigenvalue weighted by Gasteiger charge is 2.32. The zero-order valence-electron chi connectivity index (χ0n) is 9.74. The maximum Gasteiger partial charge on any atom is 0.0897 e. The molecule has 0 saturated heterocycles. The van der Waals surface area contributed by atoms with E-state index in [-0.39, 0.29) is 0 Å². The maximum absolute atomic E-state index is 9.54. The van der Waals surface area contributed by atoms with Gasteiger partial charge in [0, 0.05) is 19.2 Å². The summed E-state index contributed by atoms with van der Waals surface area (Å²) in [4.78, 5) is 0. The molecule has 0 aromatic rings. The van der Waals surface area contributed by atoms with Crippen molar-refractivity contribution in [1.29, 1.82) is 0 Å². The van der Waals surface area contributed by atoms with Crippen molar-refractivity contribution in [3.8, 4) is 0 Å². The van der Waals surface area contributed by atoms with Crippen LogP contribution in [-0.2, 0) is 9.47 Å². The molecule has 2 N–H and O–H groups in total. The third kappa shape index (κ3) is 6.10. The summed E-state index contributed by atoms with van der Waals surface area (Å²) in [6, 6.07) is 0.614. The van der Waals surface area contributed by atoms with Gasteiger partial charge < -0.3 is 19.9 Å². The van der Waals surface area contributed by atoms with E-state index in [0.29, 0.717) is 39.0 Å². The number of nitrogens with one attached hydrogen (secondary N) is 1. The van der Waals surface area contributed by atoms with Gasteiger partial charge in [0.05, 0.1) is 25.9 Å². The second kappa shape index (κ2) is 7.17. The van der Waals surface area contributed by atoms with Crippen LogP contribution in [-0.4, -0.2) is 50.2 Å². The third-order valence-electron chi connectivity index (χ3n) is 2.61. The average Bonchev–Trinajstić information content (AvgIpc) is 2.91. The Morgan fingerprint density at radius 2 is 2.07 bits per heavy atom. The highest BCUT2D eigenvalue weighted by molar-refractivity contribution is 4.89. The van der Waals surface area contributed by atoms with Gasteiger partial charge in [-0.15, -0.1) is 0 Å². The predicted molar refractivity (Wildman–Crippen MR) is 58.9 cm³/mol. The number of aliphatic hydroxyl groups is 1. The molecule has 0 spiro atoms. The van der Waals surface area contributed by atoms with E-state index in [2.05, 4.69) is 12.2 Å². The van der Waals surface area contributed by atoms with Crippen molar-refractivity contribution >= 4 is 0 Å². The number of hydrogen-bond donors (Lipinski definition) is 2. The van der Waals surface area contributed by atoms with Gasteiger partial charge in [-0.25, -0.2) is 0 Å². The summed E-state index contributed by atoms with van der Waals surface area (Å²) in [6.45, 7) is 7.07. The van der Waals surface area contributed by atoms with Crippen molar-refractivity contribution in [3.05, 3.63) is 0 Å². The van der Waals surface area contributed by atoms with Crippen molar-refractivity contribution in [2.24, 2.45) is 5.92 Å². The third-order valence-corrected chi connectivity index (χ3v) is 2.61. The molecule has 1 rings (SSSR count). The fourth-order valence-corrected chi connectivity index (χ4v) is 1.43. The largest absolute Gasteiger partial charge is 0.389 e. The minimum Gasteiger partial charge on any atom is -0.389 e. The summed E-state index contributed by atoms with van der Waals surface area (Å²) in [6.07, 6.45) is 0.831. The van der Waals surface area contributed by atoms with Gasteiger partial charge >= 0.3 is 0 Å². The molecule has 0 aromatic carbocycles. The molecule has 0 aromatic heterocycles. The zero-order chi connectivity index (χ0) is 11.1. The molecule has 90 valence electrons. The SMILES string of the molecule is CCOCCOCC(O)CNC1CC1C. The molecule has 1 aliphatic carbocycles. The van der Waals surface area contributed by atoms with Crippen molar-refractivity contribution in [3.63, 3.8) is 0 Å². The number of hydrogen-bond acceptors (Lipinski definition) is 4. The van der Waals surface area contributed by atoms with Crippen molar-refractivity contribution in [2.75, 3.05) is 33.0 Å². The lowest BCUT2D eigenvalue weighted by Gasteiger charge is -2.12. The van der Waals surface area contributed by atoms with Gasteiger partial charge in [0.1, 0.15) is 0 Å². The van der Waals surface area contributed by atoms with E-state index in [1.807, 2.05) is 6.92 Å². The van der Waals surface area contributed by atoms with Crippen LogP contribution in [0.2, 0.25) is 0 Å². The van der Waals surface area contributed by atoms with Crippen LogP contribution in [0.25, 0.3) is 0 Å². The van der Waals surface area contributed by atoms with Gasteiger partial charge in [-0.3, -0.25) is 0 Å². The molecule has 1 saturated carbocycles. The van der Waals surface area contributed by atoms with Crippen molar-refractivity contribution < 1.29 is 14.6 Å². The highest BCUT2D eigenvalue weighted by atomic mass is 16.5. The lowest BCUT2D eigenvalue weighted by Crippen LogP contribution is -2.32. The first-order chi connectivity index (χ1) is 7.24. The molecule has 0 radical (unpaired) electrons. The molecule has 0 amide bonds. The lowest BCUT2D eigenvalue weighted by atomic mass is 10.3. The standard InChI is InChI=1S/C11H23NO3/c1-3-14-4-5-15-8-10(13)7-12-11-6-9(11)2/h9-13H,3-8H2,1-2H3. The summed E-state index contributed by atoms with van der Waals surface area (Å²) in [5.74, 6) is 0.774. The van der Waals surface area contributed by atoms with Crippen LogP contribution in [0.15, 0.2) is 0 Å². The summed E-state index contributed by atoms with van der Waals surface area (Å²) in [7, 11) is 0. The Kier molecular flexibility index (Phi) is 6.17. The number of rotatable bonds is 9. The molecule has 15 heavy (non-hydrogen) atoms. The quantitative estimate of drug-likeness (QED) is 0.549. The lowest BCUT2D eigenvalue weighted by molar-refractivity contribution is 0.00634. The van der Waals surface area contributed by atoms with E-state index < -0.39 is 6.10 Å². The molecule has 1 aliphatic rings. The Morgan fingerprint density at radius 1 is 1.40 bits per heavy atom. The minimum absolute atomic E-state index is 0.390. The Bertz CT molecular complexity index is 166. The fraction of sp³-hybridized carbons (Fsp3) is 1.00. The van der Waals surface area contributed by atoms with E-state index >= 15 is 0 Å².